The molecule has 0 saturated heterocycles. The normalized spacial score (nSPS) is 15.1. The number of benzene rings is 8. The summed E-state index contributed by atoms with van der Waals surface area (Å²) in [5, 5.41) is 45.8. The molecule has 0 aromatic heterocycles. The first-order valence-electron chi connectivity index (χ1n) is 27.1. The molecular formula is C72H46N4O8. The molecule has 0 radical (unpaired) electrons. The van der Waals surface area contributed by atoms with E-state index in [2.05, 4.69) is 134 Å². The van der Waals surface area contributed by atoms with Crippen LogP contribution >= 0.6 is 0 Å². The predicted molar refractivity (Wildman–Crippen MR) is 331 cm³/mol. The van der Waals surface area contributed by atoms with Gasteiger partial charge in [0.15, 0.2) is 0 Å². The third kappa shape index (κ3) is 10.2. The predicted octanol–water partition coefficient (Wildman–Crippen LogP) is 18.3. The molecule has 0 saturated carbocycles. The van der Waals surface area contributed by atoms with Crippen molar-refractivity contribution in [3.05, 3.63) is 362 Å². The summed E-state index contributed by atoms with van der Waals surface area (Å²) in [6.45, 7) is 0. The lowest BCUT2D eigenvalue weighted by atomic mass is 9.95. The molecular weight excluding hydrogens is 1050 g/mol. The summed E-state index contributed by atoms with van der Waals surface area (Å²) in [7, 11) is 0. The van der Waals surface area contributed by atoms with Crippen molar-refractivity contribution in [2.45, 2.75) is 12.8 Å². The molecule has 0 atom stereocenters. The van der Waals surface area contributed by atoms with E-state index in [4.69, 9.17) is 0 Å². The van der Waals surface area contributed by atoms with E-state index in [1.165, 1.54) is 48.5 Å². The Balaban J connectivity index is 0.938. The Hall–Kier alpha value is -11.5. The van der Waals surface area contributed by atoms with E-state index in [1.807, 2.05) is 24.3 Å². The minimum absolute atomic E-state index is 0.0335. The summed E-state index contributed by atoms with van der Waals surface area (Å²) in [6.07, 6.45) is 23.8. The van der Waals surface area contributed by atoms with Crippen LogP contribution in [0.5, 0.6) is 0 Å². The zero-order valence-electron chi connectivity index (χ0n) is 44.7. The lowest BCUT2D eigenvalue weighted by molar-refractivity contribution is -0.385. The van der Waals surface area contributed by atoms with E-state index in [1.54, 1.807) is 48.5 Å². The average Bonchev–Trinajstić information content (AvgIpc) is 3.98. The summed E-state index contributed by atoms with van der Waals surface area (Å²) < 4.78 is 0. The van der Waals surface area contributed by atoms with Gasteiger partial charge in [0.2, 0.25) is 0 Å². The minimum atomic E-state index is -0.398. The fourth-order valence-corrected chi connectivity index (χ4v) is 11.5. The molecule has 0 N–H and O–H groups in total. The SMILES string of the molecule is O=[N+]([O-])c1ccc(-c2ccc(C3=CC4=CC3=CC=C3CC(=C5C=C(C=CC6=C(c7ccc(-c8ccc([N+](=O)[O-])cc8)cc7)C=C4C6)C(c4ccc(-c6ccc([N+](=O)[O-])cc6)cc4)=C5)C=C3c3ccc(-c4ccc([N+](=O)[O-])cc4)cc3)cc2)cc1. The number of allylic oxidation sites excluding steroid dienone is 22. The van der Waals surface area contributed by atoms with E-state index in [0.717, 1.165) is 134 Å². The number of nitro benzene ring substituents is 4. The molecule has 0 unspecified atom stereocenters. The standard InChI is InChI=1S/C72H46N4O8/c77-73(78)65-29-21-49(22-30-65)45-1-9-53(10-2-45)69-41-61-37-57(69)17-18-58-39-63(43-71(58)55-13-5-47(6-14-55)51-25-33-67(34-26-51)75(81)82)64-40-60(72(44-64)56-15-7-48(8-16-56)52-27-35-68(36-28-52)76(83)84)20-19-59-38-62(61)42-70(59)54-11-3-46(4-12-54)50-23-31-66(32-24-50)74(79)80/h1-37,40-44H,38-39H2. The number of nitro groups is 4. The van der Waals surface area contributed by atoms with Crippen molar-refractivity contribution >= 4 is 45.0 Å². The van der Waals surface area contributed by atoms with Gasteiger partial charge < -0.3 is 0 Å². The van der Waals surface area contributed by atoms with Crippen LogP contribution in [0.25, 0.3) is 66.8 Å². The van der Waals surface area contributed by atoms with Gasteiger partial charge in [-0.3, -0.25) is 40.5 Å². The molecule has 5 aliphatic rings. The van der Waals surface area contributed by atoms with Crippen LogP contribution in [0.15, 0.2) is 299 Å². The number of hydrogen-bond acceptors (Lipinski definition) is 8. The Labute approximate surface area is 482 Å². The maximum absolute atomic E-state index is 11.4. The minimum Gasteiger partial charge on any atom is -0.258 e. The van der Waals surface area contributed by atoms with Gasteiger partial charge in [-0.05, 0) is 231 Å². The van der Waals surface area contributed by atoms with E-state index in [0.29, 0.717) is 12.8 Å². The summed E-state index contributed by atoms with van der Waals surface area (Å²) in [5.41, 5.74) is 24.4. The second-order valence-corrected chi connectivity index (χ2v) is 21.0. The Bertz CT molecular complexity index is 4470. The van der Waals surface area contributed by atoms with Crippen LogP contribution in [0.4, 0.5) is 22.7 Å². The van der Waals surface area contributed by atoms with E-state index in [-0.39, 0.29) is 22.7 Å². The lowest BCUT2D eigenvalue weighted by Crippen LogP contribution is -1.89. The van der Waals surface area contributed by atoms with Gasteiger partial charge in [0.1, 0.15) is 0 Å². The highest BCUT2D eigenvalue weighted by molar-refractivity contribution is 5.96. The molecule has 5 aliphatic carbocycles. The van der Waals surface area contributed by atoms with Crippen molar-refractivity contribution in [3.63, 3.8) is 0 Å². The van der Waals surface area contributed by atoms with Crippen LogP contribution in [0.1, 0.15) is 35.1 Å². The van der Waals surface area contributed by atoms with Gasteiger partial charge in [-0.1, -0.05) is 121 Å². The van der Waals surface area contributed by atoms with E-state index < -0.39 is 19.7 Å². The average molecular weight is 1100 g/mol. The molecule has 402 valence electrons. The van der Waals surface area contributed by atoms with Crippen molar-refractivity contribution in [2.75, 3.05) is 0 Å². The summed E-state index contributed by atoms with van der Waals surface area (Å²) >= 11 is 0. The summed E-state index contributed by atoms with van der Waals surface area (Å²) in [4.78, 5) is 44.2. The molecule has 8 aromatic carbocycles. The molecule has 0 heterocycles. The Morgan fingerprint density at radius 3 is 1.01 bits per heavy atom. The van der Waals surface area contributed by atoms with Crippen molar-refractivity contribution in [1.29, 1.82) is 0 Å². The monoisotopic (exact) mass is 1090 g/mol. The van der Waals surface area contributed by atoms with Gasteiger partial charge in [-0.25, -0.2) is 0 Å². The highest BCUT2D eigenvalue weighted by Crippen LogP contribution is 2.47. The molecule has 0 spiro atoms. The zero-order chi connectivity index (χ0) is 57.6. The first-order valence-corrected chi connectivity index (χ1v) is 27.1. The topological polar surface area (TPSA) is 173 Å². The van der Waals surface area contributed by atoms with Crippen LogP contribution in [-0.2, 0) is 0 Å². The molecule has 13 rings (SSSR count). The summed E-state index contributed by atoms with van der Waals surface area (Å²) in [5.74, 6) is 0. The second-order valence-electron chi connectivity index (χ2n) is 21.0. The zero-order valence-corrected chi connectivity index (χ0v) is 44.7. The van der Waals surface area contributed by atoms with Crippen LogP contribution in [0, 0.1) is 40.5 Å². The van der Waals surface area contributed by atoms with E-state index in [9.17, 15) is 40.5 Å². The maximum atomic E-state index is 11.4. The lowest BCUT2D eigenvalue weighted by Gasteiger charge is -2.09. The first-order chi connectivity index (χ1) is 40.8. The summed E-state index contributed by atoms with van der Waals surface area (Å²) in [6, 6.07) is 59.5. The van der Waals surface area contributed by atoms with Crippen molar-refractivity contribution in [2.24, 2.45) is 0 Å². The van der Waals surface area contributed by atoms with Gasteiger partial charge in [-0.2, -0.15) is 0 Å². The first kappa shape index (κ1) is 51.9. The number of rotatable bonds is 12. The Morgan fingerprint density at radius 1 is 0.262 bits per heavy atom. The van der Waals surface area contributed by atoms with Gasteiger partial charge in [0, 0.05) is 48.5 Å². The van der Waals surface area contributed by atoms with Crippen LogP contribution in [0.2, 0.25) is 0 Å². The molecule has 8 bridgehead atoms. The number of nitrogens with zero attached hydrogens (tertiary/aromatic N) is 4. The van der Waals surface area contributed by atoms with Crippen LogP contribution < -0.4 is 0 Å². The molecule has 0 aliphatic heterocycles. The molecule has 12 heteroatoms. The Kier molecular flexibility index (Phi) is 13.3. The van der Waals surface area contributed by atoms with Crippen molar-refractivity contribution < 1.29 is 19.7 Å². The van der Waals surface area contributed by atoms with Gasteiger partial charge in [0.25, 0.3) is 22.7 Å². The number of hydrogen-bond donors (Lipinski definition) is 0. The van der Waals surface area contributed by atoms with E-state index >= 15 is 0 Å². The highest BCUT2D eigenvalue weighted by Gasteiger charge is 2.27. The molecule has 0 amide bonds. The van der Waals surface area contributed by atoms with Gasteiger partial charge >= 0.3 is 0 Å². The maximum Gasteiger partial charge on any atom is 0.269 e. The molecule has 84 heavy (non-hydrogen) atoms. The van der Waals surface area contributed by atoms with Crippen molar-refractivity contribution in [3.8, 4) is 44.5 Å². The number of non-ortho nitro benzene ring substituents is 4. The van der Waals surface area contributed by atoms with Crippen LogP contribution in [-0.4, -0.2) is 19.7 Å². The quantitative estimate of drug-likeness (QED) is 0.0859. The fraction of sp³-hybridized carbons (Fsp3) is 0.0278. The third-order valence-corrected chi connectivity index (χ3v) is 16.0. The largest absolute Gasteiger partial charge is 0.269 e. The number of fused-ring (bicyclic) bond motifs is 7. The molecule has 8 aromatic rings. The second kappa shape index (κ2) is 21.5. The fourth-order valence-electron chi connectivity index (χ4n) is 11.5. The highest BCUT2D eigenvalue weighted by atomic mass is 16.6. The smallest absolute Gasteiger partial charge is 0.258 e. The van der Waals surface area contributed by atoms with Crippen molar-refractivity contribution in [1.82, 2.24) is 0 Å². The molecule has 0 fully saturated rings. The van der Waals surface area contributed by atoms with Crippen LogP contribution in [0.3, 0.4) is 0 Å². The Morgan fingerprint density at radius 2 is 0.607 bits per heavy atom. The van der Waals surface area contributed by atoms with Gasteiger partial charge in [-0.15, -0.1) is 0 Å². The third-order valence-electron chi connectivity index (χ3n) is 16.0. The molecule has 12 nitrogen and oxygen atoms in total. The van der Waals surface area contributed by atoms with Gasteiger partial charge in [0.05, 0.1) is 19.7 Å².